The Morgan fingerprint density at radius 3 is 2.75 bits per heavy atom. The third kappa shape index (κ3) is 3.06. The van der Waals surface area contributed by atoms with Gasteiger partial charge in [-0.15, -0.1) is 0 Å². The van der Waals surface area contributed by atoms with Crippen molar-refractivity contribution < 1.29 is 28.6 Å². The maximum Gasteiger partial charge on any atom is 0.356 e. The highest BCUT2D eigenvalue weighted by molar-refractivity contribution is 9.11. The largest absolute Gasteiger partial charge is 0.492 e. The normalized spacial score (nSPS) is 18.2. The lowest BCUT2D eigenvalue weighted by Crippen LogP contribution is -2.19. The quantitative estimate of drug-likeness (QED) is 0.623. The van der Waals surface area contributed by atoms with Crippen LogP contribution in [-0.4, -0.2) is 38.3 Å². The molecule has 1 unspecified atom stereocenters. The van der Waals surface area contributed by atoms with Crippen molar-refractivity contribution in [1.82, 2.24) is 0 Å². The standard InChI is InChI=1S/C15H15Br2NO6/c1-3-21-15(19)9-5-7(24-18-9)4-8-10(16)12(20-2)14-13(11(8)17)22-6-23-14/h7H,3-6H2,1-2H3. The predicted octanol–water partition coefficient (Wildman–Crippen LogP) is 3.20. The number of benzene rings is 1. The van der Waals surface area contributed by atoms with Crippen molar-refractivity contribution in [1.29, 1.82) is 0 Å². The van der Waals surface area contributed by atoms with Crippen molar-refractivity contribution in [3.63, 3.8) is 0 Å². The van der Waals surface area contributed by atoms with Gasteiger partial charge in [0.1, 0.15) is 6.10 Å². The summed E-state index contributed by atoms with van der Waals surface area (Å²) in [4.78, 5) is 17.1. The average molecular weight is 465 g/mol. The van der Waals surface area contributed by atoms with Crippen LogP contribution in [0.15, 0.2) is 14.1 Å². The van der Waals surface area contributed by atoms with E-state index in [0.29, 0.717) is 42.4 Å². The number of rotatable bonds is 5. The van der Waals surface area contributed by atoms with Crippen LogP contribution in [0.25, 0.3) is 0 Å². The third-order valence-electron chi connectivity index (χ3n) is 3.63. The van der Waals surface area contributed by atoms with Gasteiger partial charge in [0.05, 0.1) is 22.7 Å². The Morgan fingerprint density at radius 1 is 1.29 bits per heavy atom. The van der Waals surface area contributed by atoms with E-state index in [2.05, 4.69) is 37.0 Å². The van der Waals surface area contributed by atoms with Crippen LogP contribution in [0, 0.1) is 0 Å². The summed E-state index contributed by atoms with van der Waals surface area (Å²) in [5.41, 5.74) is 1.18. The number of ether oxygens (including phenoxy) is 4. The molecule has 24 heavy (non-hydrogen) atoms. The van der Waals surface area contributed by atoms with Crippen LogP contribution in [0.1, 0.15) is 18.9 Å². The van der Waals surface area contributed by atoms with Gasteiger partial charge in [0.2, 0.25) is 12.5 Å². The summed E-state index contributed by atoms with van der Waals surface area (Å²) in [6.07, 6.45) is 0.608. The second-order valence-corrected chi connectivity index (χ2v) is 6.68. The second-order valence-electron chi connectivity index (χ2n) is 5.10. The number of carbonyl (C=O) groups is 1. The van der Waals surface area contributed by atoms with E-state index in [0.717, 1.165) is 14.5 Å². The highest BCUT2D eigenvalue weighted by atomic mass is 79.9. The smallest absolute Gasteiger partial charge is 0.356 e. The Balaban J connectivity index is 1.81. The molecule has 1 aromatic carbocycles. The van der Waals surface area contributed by atoms with E-state index in [1.165, 1.54) is 0 Å². The molecule has 2 aliphatic heterocycles. The van der Waals surface area contributed by atoms with E-state index in [1.54, 1.807) is 14.0 Å². The molecule has 1 atom stereocenters. The number of oxime groups is 1. The maximum atomic E-state index is 11.7. The summed E-state index contributed by atoms with van der Waals surface area (Å²) in [6, 6.07) is 0. The minimum Gasteiger partial charge on any atom is -0.492 e. The number of fused-ring (bicyclic) bond motifs is 1. The highest BCUT2D eigenvalue weighted by Crippen LogP contribution is 2.52. The molecular formula is C15H15Br2NO6. The summed E-state index contributed by atoms with van der Waals surface area (Å²) in [5.74, 6) is 1.26. The monoisotopic (exact) mass is 463 g/mol. The fraction of sp³-hybridized carbons (Fsp3) is 0.467. The molecule has 0 saturated heterocycles. The maximum absolute atomic E-state index is 11.7. The number of halogens is 2. The lowest BCUT2D eigenvalue weighted by molar-refractivity contribution is -0.135. The third-order valence-corrected chi connectivity index (χ3v) is 5.31. The fourth-order valence-corrected chi connectivity index (χ4v) is 4.16. The highest BCUT2D eigenvalue weighted by Gasteiger charge is 2.33. The summed E-state index contributed by atoms with van der Waals surface area (Å²) in [7, 11) is 1.56. The zero-order valence-corrected chi connectivity index (χ0v) is 16.2. The predicted molar refractivity (Wildman–Crippen MR) is 91.8 cm³/mol. The van der Waals surface area contributed by atoms with Gasteiger partial charge in [-0.3, -0.25) is 0 Å². The molecule has 0 radical (unpaired) electrons. The summed E-state index contributed by atoms with van der Waals surface area (Å²) in [6.45, 7) is 2.19. The number of esters is 1. The summed E-state index contributed by atoms with van der Waals surface area (Å²) < 4.78 is 22.8. The number of nitrogens with zero attached hydrogens (tertiary/aromatic N) is 1. The molecule has 0 aliphatic carbocycles. The van der Waals surface area contributed by atoms with E-state index in [4.69, 9.17) is 23.8 Å². The van der Waals surface area contributed by atoms with E-state index in [9.17, 15) is 4.79 Å². The lowest BCUT2D eigenvalue weighted by atomic mass is 10.0. The van der Waals surface area contributed by atoms with Crippen molar-refractivity contribution >= 4 is 43.5 Å². The van der Waals surface area contributed by atoms with Gasteiger partial charge < -0.3 is 23.8 Å². The average Bonchev–Trinajstić information content (AvgIpc) is 3.22. The molecule has 7 nitrogen and oxygen atoms in total. The Morgan fingerprint density at radius 2 is 2.04 bits per heavy atom. The Labute approximate surface area is 155 Å². The minimum absolute atomic E-state index is 0.135. The molecule has 2 aliphatic rings. The van der Waals surface area contributed by atoms with Crippen LogP contribution in [0.4, 0.5) is 0 Å². The SMILES string of the molecule is CCOC(=O)C1=NOC(Cc2c(Br)c(OC)c3c(c2Br)OCO3)C1. The van der Waals surface area contributed by atoms with Crippen molar-refractivity contribution in [2.45, 2.75) is 25.9 Å². The van der Waals surface area contributed by atoms with Gasteiger partial charge in [0.25, 0.3) is 0 Å². The van der Waals surface area contributed by atoms with Crippen LogP contribution >= 0.6 is 31.9 Å². The zero-order valence-electron chi connectivity index (χ0n) is 13.1. The van der Waals surface area contributed by atoms with Crippen LogP contribution < -0.4 is 14.2 Å². The number of methoxy groups -OCH3 is 1. The van der Waals surface area contributed by atoms with Crippen molar-refractivity contribution in [2.75, 3.05) is 20.5 Å². The molecule has 2 heterocycles. The molecule has 0 saturated carbocycles. The first-order valence-corrected chi connectivity index (χ1v) is 8.88. The molecule has 0 N–H and O–H groups in total. The van der Waals surface area contributed by atoms with Gasteiger partial charge in [-0.1, -0.05) is 5.16 Å². The Bertz CT molecular complexity index is 706. The first-order valence-electron chi connectivity index (χ1n) is 7.30. The summed E-state index contributed by atoms with van der Waals surface area (Å²) in [5, 5.41) is 3.83. The molecule has 0 bridgehead atoms. The zero-order chi connectivity index (χ0) is 17.3. The lowest BCUT2D eigenvalue weighted by Gasteiger charge is -2.16. The minimum atomic E-state index is -0.443. The molecule has 0 aromatic heterocycles. The Hall–Kier alpha value is -1.48. The topological polar surface area (TPSA) is 75.6 Å². The van der Waals surface area contributed by atoms with Crippen LogP contribution in [0.3, 0.4) is 0 Å². The van der Waals surface area contributed by atoms with E-state index >= 15 is 0 Å². The fourth-order valence-electron chi connectivity index (χ4n) is 2.54. The van der Waals surface area contributed by atoms with E-state index in [1.807, 2.05) is 0 Å². The summed E-state index contributed by atoms with van der Waals surface area (Å²) >= 11 is 7.09. The van der Waals surface area contributed by atoms with Gasteiger partial charge in [-0.25, -0.2) is 4.79 Å². The first-order chi connectivity index (χ1) is 11.6. The van der Waals surface area contributed by atoms with Gasteiger partial charge in [0.15, 0.2) is 17.2 Å². The molecule has 0 amide bonds. The van der Waals surface area contributed by atoms with E-state index in [-0.39, 0.29) is 12.9 Å². The van der Waals surface area contributed by atoms with Crippen LogP contribution in [0.2, 0.25) is 0 Å². The van der Waals surface area contributed by atoms with Crippen molar-refractivity contribution in [3.05, 3.63) is 14.5 Å². The Kier molecular flexibility index (Phi) is 5.19. The number of carbonyl (C=O) groups excluding carboxylic acids is 1. The van der Waals surface area contributed by atoms with Crippen molar-refractivity contribution in [2.24, 2.45) is 5.16 Å². The second kappa shape index (κ2) is 7.18. The number of hydrogen-bond donors (Lipinski definition) is 0. The van der Waals surface area contributed by atoms with Crippen molar-refractivity contribution in [3.8, 4) is 17.2 Å². The van der Waals surface area contributed by atoms with Gasteiger partial charge in [-0.05, 0) is 44.3 Å². The molecule has 9 heteroatoms. The van der Waals surface area contributed by atoms with Crippen LogP contribution in [0.5, 0.6) is 17.2 Å². The van der Waals surface area contributed by atoms with Gasteiger partial charge >= 0.3 is 5.97 Å². The molecular weight excluding hydrogens is 450 g/mol. The molecule has 3 rings (SSSR count). The van der Waals surface area contributed by atoms with E-state index < -0.39 is 5.97 Å². The first kappa shape index (κ1) is 17.3. The number of hydrogen-bond acceptors (Lipinski definition) is 7. The molecule has 0 fully saturated rings. The van der Waals surface area contributed by atoms with Gasteiger partial charge in [-0.2, -0.15) is 0 Å². The molecule has 130 valence electrons. The molecule has 1 aromatic rings. The molecule has 0 spiro atoms. The van der Waals surface area contributed by atoms with Crippen LogP contribution in [-0.2, 0) is 20.8 Å². The van der Waals surface area contributed by atoms with Gasteiger partial charge in [0, 0.05) is 12.8 Å².